The highest BCUT2D eigenvalue weighted by molar-refractivity contribution is 7.89. The highest BCUT2D eigenvalue weighted by Crippen LogP contribution is 2.18. The minimum Gasteiger partial charge on any atom is -0.313 e. The van der Waals surface area contributed by atoms with Crippen molar-refractivity contribution in [3.8, 4) is 0 Å². The van der Waals surface area contributed by atoms with Crippen molar-refractivity contribution < 1.29 is 17.2 Å². The molecule has 0 aliphatic carbocycles. The van der Waals surface area contributed by atoms with Crippen LogP contribution < -0.4 is 10.5 Å². The summed E-state index contributed by atoms with van der Waals surface area (Å²) in [4.78, 5) is 0. The molecule has 0 bridgehead atoms. The number of rotatable bonds is 7. The number of nitrogens with two attached hydrogens (primary N) is 1. The van der Waals surface area contributed by atoms with Crippen molar-refractivity contribution in [3.05, 3.63) is 35.4 Å². The van der Waals surface area contributed by atoms with Gasteiger partial charge in [-0.2, -0.15) is 0 Å². The van der Waals surface area contributed by atoms with Crippen LogP contribution in [0.25, 0.3) is 0 Å². The number of primary sulfonamides is 1. The second-order valence-corrected chi connectivity index (χ2v) is 5.67. The van der Waals surface area contributed by atoms with Gasteiger partial charge in [0.25, 0.3) is 6.43 Å². The molecule has 0 amide bonds. The lowest BCUT2D eigenvalue weighted by atomic mass is 10.1. The maximum atomic E-state index is 12.3. The Morgan fingerprint density at radius 2 is 1.83 bits per heavy atom. The SMILES string of the molecule is NS(=O)(=O)CCCNCc1ccc(C(F)F)cc1. The zero-order chi connectivity index (χ0) is 13.6. The Morgan fingerprint density at radius 1 is 1.22 bits per heavy atom. The number of halogens is 2. The summed E-state index contributed by atoms with van der Waals surface area (Å²) >= 11 is 0. The van der Waals surface area contributed by atoms with Gasteiger partial charge in [-0.3, -0.25) is 0 Å². The van der Waals surface area contributed by atoms with Gasteiger partial charge in [0.1, 0.15) is 0 Å². The summed E-state index contributed by atoms with van der Waals surface area (Å²) in [5.74, 6) is -0.0652. The maximum Gasteiger partial charge on any atom is 0.263 e. The van der Waals surface area contributed by atoms with Crippen LogP contribution in [0.2, 0.25) is 0 Å². The van der Waals surface area contributed by atoms with Crippen LogP contribution in [0.4, 0.5) is 8.78 Å². The normalized spacial score (nSPS) is 12.0. The molecule has 0 unspecified atom stereocenters. The van der Waals surface area contributed by atoms with Gasteiger partial charge in [0, 0.05) is 12.1 Å². The second kappa shape index (κ2) is 6.77. The third-order valence-corrected chi connectivity index (χ3v) is 3.20. The Kier molecular flexibility index (Phi) is 5.64. The van der Waals surface area contributed by atoms with E-state index in [0.717, 1.165) is 5.56 Å². The average Bonchev–Trinajstić information content (AvgIpc) is 2.27. The van der Waals surface area contributed by atoms with Gasteiger partial charge in [0.05, 0.1) is 5.75 Å². The predicted molar refractivity (Wildman–Crippen MR) is 65.7 cm³/mol. The number of hydrogen-bond donors (Lipinski definition) is 2. The summed E-state index contributed by atoms with van der Waals surface area (Å²) in [6, 6.07) is 6.00. The molecule has 0 saturated heterocycles. The molecule has 3 N–H and O–H groups in total. The third kappa shape index (κ3) is 6.04. The van der Waals surface area contributed by atoms with Crippen LogP contribution in [0.1, 0.15) is 24.0 Å². The second-order valence-electron chi connectivity index (χ2n) is 3.94. The third-order valence-electron chi connectivity index (χ3n) is 2.34. The fraction of sp³-hybridized carbons (Fsp3) is 0.455. The van der Waals surface area contributed by atoms with E-state index in [4.69, 9.17) is 5.14 Å². The van der Waals surface area contributed by atoms with E-state index in [1.165, 1.54) is 12.1 Å². The van der Waals surface area contributed by atoms with E-state index in [1.807, 2.05) is 0 Å². The molecule has 0 atom stereocenters. The molecule has 0 saturated carbocycles. The van der Waals surface area contributed by atoms with Gasteiger partial charge in [0.2, 0.25) is 10.0 Å². The fourth-order valence-corrected chi connectivity index (χ4v) is 1.96. The Bertz CT molecular complexity index is 460. The summed E-state index contributed by atoms with van der Waals surface area (Å²) in [7, 11) is -3.41. The van der Waals surface area contributed by atoms with Crippen molar-refractivity contribution in [1.29, 1.82) is 0 Å². The fourth-order valence-electron chi connectivity index (χ4n) is 1.41. The van der Waals surface area contributed by atoms with E-state index in [1.54, 1.807) is 12.1 Å². The first-order valence-corrected chi connectivity index (χ1v) is 7.18. The molecular weight excluding hydrogens is 262 g/mol. The maximum absolute atomic E-state index is 12.3. The lowest BCUT2D eigenvalue weighted by Crippen LogP contribution is -2.22. The summed E-state index contributed by atoms with van der Waals surface area (Å²) < 4.78 is 45.8. The van der Waals surface area contributed by atoms with Crippen molar-refractivity contribution in [2.24, 2.45) is 5.14 Å². The summed E-state index contributed by atoms with van der Waals surface area (Å²) in [6.07, 6.45) is -2.03. The average molecular weight is 278 g/mol. The molecule has 0 heterocycles. The van der Waals surface area contributed by atoms with Gasteiger partial charge in [0.15, 0.2) is 0 Å². The largest absolute Gasteiger partial charge is 0.313 e. The van der Waals surface area contributed by atoms with Crippen molar-refractivity contribution in [1.82, 2.24) is 5.32 Å². The molecule has 102 valence electrons. The van der Waals surface area contributed by atoms with Crippen LogP contribution in [0.15, 0.2) is 24.3 Å². The van der Waals surface area contributed by atoms with Crippen LogP contribution in [-0.2, 0) is 16.6 Å². The molecule has 0 spiro atoms. The quantitative estimate of drug-likeness (QED) is 0.740. The van der Waals surface area contributed by atoms with Crippen LogP contribution in [-0.4, -0.2) is 20.7 Å². The zero-order valence-corrected chi connectivity index (χ0v) is 10.6. The van der Waals surface area contributed by atoms with Gasteiger partial charge in [-0.25, -0.2) is 22.3 Å². The first-order valence-electron chi connectivity index (χ1n) is 5.46. The number of hydrogen-bond acceptors (Lipinski definition) is 3. The van der Waals surface area contributed by atoms with Crippen molar-refractivity contribution in [3.63, 3.8) is 0 Å². The van der Waals surface area contributed by atoms with E-state index < -0.39 is 16.4 Å². The lowest BCUT2D eigenvalue weighted by Gasteiger charge is -2.05. The van der Waals surface area contributed by atoms with E-state index in [-0.39, 0.29) is 11.3 Å². The monoisotopic (exact) mass is 278 g/mol. The summed E-state index contributed by atoms with van der Waals surface area (Å²) in [6.45, 7) is 1.02. The number of alkyl halides is 2. The topological polar surface area (TPSA) is 72.2 Å². The van der Waals surface area contributed by atoms with Crippen LogP contribution in [0.5, 0.6) is 0 Å². The zero-order valence-electron chi connectivity index (χ0n) is 9.77. The van der Waals surface area contributed by atoms with Crippen molar-refractivity contribution in [2.75, 3.05) is 12.3 Å². The Labute approximate surface area is 105 Å². The van der Waals surface area contributed by atoms with Crippen LogP contribution >= 0.6 is 0 Å². The van der Waals surface area contributed by atoms with Gasteiger partial charge in [-0.15, -0.1) is 0 Å². The molecule has 0 aliphatic rings. The molecule has 0 radical (unpaired) electrons. The lowest BCUT2D eigenvalue weighted by molar-refractivity contribution is 0.151. The Balaban J connectivity index is 2.27. The molecule has 1 rings (SSSR count). The minimum absolute atomic E-state index is 0.00650. The Morgan fingerprint density at radius 3 is 2.33 bits per heavy atom. The van der Waals surface area contributed by atoms with E-state index in [0.29, 0.717) is 19.5 Å². The summed E-state index contributed by atoms with van der Waals surface area (Å²) in [5, 5.41) is 7.86. The van der Waals surface area contributed by atoms with Crippen molar-refractivity contribution >= 4 is 10.0 Å². The molecule has 0 fully saturated rings. The number of benzene rings is 1. The highest BCUT2D eigenvalue weighted by Gasteiger charge is 2.05. The predicted octanol–water partition coefficient (Wildman–Crippen LogP) is 1.39. The van der Waals surface area contributed by atoms with Gasteiger partial charge >= 0.3 is 0 Å². The van der Waals surface area contributed by atoms with Crippen LogP contribution in [0.3, 0.4) is 0 Å². The van der Waals surface area contributed by atoms with Gasteiger partial charge in [-0.05, 0) is 18.5 Å². The molecule has 4 nitrogen and oxygen atoms in total. The highest BCUT2D eigenvalue weighted by atomic mass is 32.2. The Hall–Kier alpha value is -1.05. The van der Waals surface area contributed by atoms with E-state index in [9.17, 15) is 17.2 Å². The smallest absolute Gasteiger partial charge is 0.263 e. The first-order chi connectivity index (χ1) is 8.38. The molecule has 0 aliphatic heterocycles. The molecule has 7 heteroatoms. The first kappa shape index (κ1) is 15.0. The molecule has 0 aromatic heterocycles. The molecule has 1 aromatic carbocycles. The number of nitrogens with one attached hydrogen (secondary N) is 1. The number of sulfonamides is 1. The standard InChI is InChI=1S/C11H16F2N2O2S/c12-11(13)10-4-2-9(3-5-10)8-15-6-1-7-18(14,16)17/h2-5,11,15H,1,6-8H2,(H2,14,16,17). The van der Waals surface area contributed by atoms with E-state index >= 15 is 0 Å². The van der Waals surface area contributed by atoms with Crippen molar-refractivity contribution in [2.45, 2.75) is 19.4 Å². The minimum atomic E-state index is -3.41. The van der Waals surface area contributed by atoms with Crippen LogP contribution in [0, 0.1) is 0 Å². The molecule has 18 heavy (non-hydrogen) atoms. The molecular formula is C11H16F2N2O2S. The van der Waals surface area contributed by atoms with Gasteiger partial charge in [-0.1, -0.05) is 24.3 Å². The molecule has 1 aromatic rings. The van der Waals surface area contributed by atoms with Gasteiger partial charge < -0.3 is 5.32 Å². The summed E-state index contributed by atoms with van der Waals surface area (Å²) in [5.41, 5.74) is 0.864. The van der Waals surface area contributed by atoms with E-state index in [2.05, 4.69) is 5.32 Å².